The van der Waals surface area contributed by atoms with Crippen LogP contribution in [0, 0.1) is 6.16 Å². The molecule has 0 spiro atoms. The van der Waals surface area contributed by atoms with Crippen molar-refractivity contribution < 1.29 is 32.5 Å². The SMILES string of the molecule is C[CH-]P(=O)(OCC)OCC.[Li+]. The molecule has 62 valence electrons. The summed E-state index contributed by atoms with van der Waals surface area (Å²) in [5.41, 5.74) is 0. The quantitative estimate of drug-likeness (QED) is 0.317. The summed E-state index contributed by atoms with van der Waals surface area (Å²) >= 11 is 0. The molecule has 0 saturated heterocycles. The van der Waals surface area contributed by atoms with E-state index in [0.29, 0.717) is 13.2 Å². The molecule has 0 fully saturated rings. The first-order valence-corrected chi connectivity index (χ1v) is 4.99. The third-order valence-electron chi connectivity index (χ3n) is 0.934. The van der Waals surface area contributed by atoms with E-state index in [9.17, 15) is 4.57 Å². The van der Waals surface area contributed by atoms with Gasteiger partial charge >= 0.3 is 18.9 Å². The maximum absolute atomic E-state index is 11.3. The van der Waals surface area contributed by atoms with Crippen molar-refractivity contribution in [1.29, 1.82) is 0 Å². The first kappa shape index (κ1) is 14.3. The fourth-order valence-corrected chi connectivity index (χ4v) is 1.64. The second kappa shape index (κ2) is 7.40. The van der Waals surface area contributed by atoms with Crippen LogP contribution in [0.25, 0.3) is 0 Å². The van der Waals surface area contributed by atoms with Crippen LogP contribution in [0.1, 0.15) is 20.8 Å². The Morgan fingerprint density at radius 3 is 1.82 bits per heavy atom. The second-order valence-electron chi connectivity index (χ2n) is 1.63. The molecule has 0 heterocycles. The fraction of sp³-hybridized carbons (Fsp3) is 0.833. The number of hydrogen-bond donors (Lipinski definition) is 0. The molecule has 3 nitrogen and oxygen atoms in total. The van der Waals surface area contributed by atoms with Crippen molar-refractivity contribution in [3.8, 4) is 0 Å². The summed E-state index contributed by atoms with van der Waals surface area (Å²) < 4.78 is 21.1. The molecule has 0 saturated carbocycles. The molecule has 0 aromatic heterocycles. The van der Waals surface area contributed by atoms with E-state index in [1.54, 1.807) is 20.8 Å². The van der Waals surface area contributed by atoms with E-state index in [1.165, 1.54) is 6.16 Å². The van der Waals surface area contributed by atoms with E-state index in [-0.39, 0.29) is 18.9 Å². The average Bonchev–Trinajstić information content (AvgIpc) is 1.89. The van der Waals surface area contributed by atoms with E-state index < -0.39 is 7.60 Å². The van der Waals surface area contributed by atoms with Crippen LogP contribution in [0.2, 0.25) is 0 Å². The number of rotatable bonds is 5. The Kier molecular flexibility index (Phi) is 9.61. The Balaban J connectivity index is 0. The van der Waals surface area contributed by atoms with Crippen LogP contribution < -0.4 is 18.9 Å². The zero-order valence-corrected chi connectivity index (χ0v) is 8.56. The van der Waals surface area contributed by atoms with Gasteiger partial charge in [-0.1, -0.05) is 0 Å². The minimum atomic E-state index is -2.83. The summed E-state index contributed by atoms with van der Waals surface area (Å²) in [7, 11) is -2.83. The molecule has 0 unspecified atom stereocenters. The molecule has 0 aliphatic carbocycles. The second-order valence-corrected chi connectivity index (χ2v) is 3.75. The molecule has 0 aromatic rings. The van der Waals surface area contributed by atoms with Crippen molar-refractivity contribution in [2.24, 2.45) is 0 Å². The summed E-state index contributed by atoms with van der Waals surface area (Å²) in [5, 5.41) is 0. The van der Waals surface area contributed by atoms with Gasteiger partial charge in [0.1, 0.15) is 0 Å². The Labute approximate surface area is 80.6 Å². The maximum atomic E-state index is 11.3. The van der Waals surface area contributed by atoms with Crippen molar-refractivity contribution in [2.75, 3.05) is 13.2 Å². The zero-order valence-electron chi connectivity index (χ0n) is 7.66. The van der Waals surface area contributed by atoms with Gasteiger partial charge in [0, 0.05) is 0 Å². The van der Waals surface area contributed by atoms with Crippen LogP contribution >= 0.6 is 7.60 Å². The summed E-state index contributed by atoms with van der Waals surface area (Å²) in [5.74, 6) is 0. The summed E-state index contributed by atoms with van der Waals surface area (Å²) in [6, 6.07) is 0. The molecule has 0 amide bonds. The van der Waals surface area contributed by atoms with Gasteiger partial charge in [-0.05, 0) is 13.8 Å². The zero-order chi connectivity index (χ0) is 8.04. The van der Waals surface area contributed by atoms with Gasteiger partial charge in [0.15, 0.2) is 7.60 Å². The van der Waals surface area contributed by atoms with Gasteiger partial charge in [-0.15, -0.1) is 0 Å². The molecule has 5 heteroatoms. The van der Waals surface area contributed by atoms with E-state index in [0.717, 1.165) is 0 Å². The van der Waals surface area contributed by atoms with Crippen LogP contribution in [-0.4, -0.2) is 13.2 Å². The molecule has 0 aliphatic rings. The number of hydrogen-bond acceptors (Lipinski definition) is 3. The van der Waals surface area contributed by atoms with Gasteiger partial charge in [-0.3, -0.25) is 4.57 Å². The van der Waals surface area contributed by atoms with Crippen molar-refractivity contribution in [2.45, 2.75) is 20.8 Å². The van der Waals surface area contributed by atoms with E-state index in [4.69, 9.17) is 9.05 Å². The topological polar surface area (TPSA) is 35.5 Å². The molecule has 11 heavy (non-hydrogen) atoms. The van der Waals surface area contributed by atoms with Crippen LogP contribution in [0.15, 0.2) is 0 Å². The maximum Gasteiger partial charge on any atom is 1.00 e. The molecule has 0 aliphatic heterocycles. The Bertz CT molecular complexity index is 119. The molecule has 0 N–H and O–H groups in total. The first-order valence-electron chi connectivity index (χ1n) is 3.37. The van der Waals surface area contributed by atoms with Crippen molar-refractivity contribution in [3.63, 3.8) is 0 Å². The Morgan fingerprint density at radius 2 is 1.64 bits per heavy atom. The average molecular weight is 172 g/mol. The smallest absolute Gasteiger partial charge is 0.331 e. The predicted octanol–water partition coefficient (Wildman–Crippen LogP) is -0.562. The largest absolute Gasteiger partial charge is 1.00 e. The summed E-state index contributed by atoms with van der Waals surface area (Å²) in [4.78, 5) is 0. The van der Waals surface area contributed by atoms with Gasteiger partial charge in [0.05, 0.1) is 13.2 Å². The summed E-state index contributed by atoms with van der Waals surface area (Å²) in [6.45, 7) is 6.08. The normalized spacial score (nSPS) is 10.8. The van der Waals surface area contributed by atoms with Gasteiger partial charge in [0.2, 0.25) is 0 Å². The van der Waals surface area contributed by atoms with Crippen LogP contribution in [0.3, 0.4) is 0 Å². The van der Waals surface area contributed by atoms with Crippen molar-refractivity contribution in [3.05, 3.63) is 6.16 Å². The van der Waals surface area contributed by atoms with Gasteiger partial charge in [-0.25, -0.2) is 6.16 Å². The van der Waals surface area contributed by atoms with E-state index in [2.05, 4.69) is 0 Å². The van der Waals surface area contributed by atoms with Gasteiger partial charge < -0.3 is 9.05 Å². The van der Waals surface area contributed by atoms with Crippen LogP contribution in [-0.2, 0) is 13.6 Å². The van der Waals surface area contributed by atoms with Gasteiger partial charge in [-0.2, -0.15) is 6.92 Å². The molecular formula is C6H14LiO3P. The van der Waals surface area contributed by atoms with Crippen LogP contribution in [0.4, 0.5) is 0 Å². The van der Waals surface area contributed by atoms with Crippen molar-refractivity contribution in [1.82, 2.24) is 0 Å². The predicted molar refractivity (Wildman–Crippen MR) is 40.8 cm³/mol. The molecule has 0 bridgehead atoms. The minimum Gasteiger partial charge on any atom is -0.331 e. The monoisotopic (exact) mass is 172 g/mol. The van der Waals surface area contributed by atoms with Crippen LogP contribution in [0.5, 0.6) is 0 Å². The standard InChI is InChI=1S/C6H14O3P.Li/c1-4-8-10(7,6-3)9-5-2;/h6H,4-5H2,1-3H3;/q-1;+1. The van der Waals surface area contributed by atoms with Gasteiger partial charge in [0.25, 0.3) is 0 Å². The molecule has 0 radical (unpaired) electrons. The molecule has 0 rings (SSSR count). The van der Waals surface area contributed by atoms with E-state index in [1.807, 2.05) is 0 Å². The Morgan fingerprint density at radius 1 is 1.27 bits per heavy atom. The molecule has 0 aromatic carbocycles. The Hall–Kier alpha value is 0.747. The molecule has 0 atom stereocenters. The van der Waals surface area contributed by atoms with Crippen molar-refractivity contribution >= 4 is 7.60 Å². The van der Waals surface area contributed by atoms with E-state index >= 15 is 0 Å². The first-order chi connectivity index (χ1) is 4.68. The summed E-state index contributed by atoms with van der Waals surface area (Å²) in [6.07, 6.45) is 1.47. The third kappa shape index (κ3) is 5.96. The third-order valence-corrected chi connectivity index (χ3v) is 2.80. The minimum absolute atomic E-state index is 0. The fourth-order valence-electron chi connectivity index (χ4n) is 0.546. The molecular weight excluding hydrogens is 158 g/mol.